The second-order valence-electron chi connectivity index (χ2n) is 17.0. The van der Waals surface area contributed by atoms with Gasteiger partial charge in [-0.25, -0.2) is 4.57 Å². The minimum absolute atomic E-state index is 0.0379. The predicted octanol–water partition coefficient (Wildman–Crippen LogP) is 9.04. The standard InChI is InChI=1S/C51H83O14P/c1-3-5-7-9-11-13-15-17-18-19-20-21-22-23-25-27-29-31-33-37-45(53)63-41(40-62-66(59,60)65-51-49(57)47(55)46(54)48(56)50(51)58)39-61-44(52)38-34-36-43-42(64-43)35-32-30-28-26-24-16-14-12-10-8-6-4-2/h11-14,17-18,20-21,23-26,30,32,41-43,46-51,54-58H,3-10,15-16,19,22,27-29,31,33-40H2,1-2H3,(H,59,60)/b13-11-,14-12-,18-17-,21-20-,25-23-,26-24-,32-30-/t41-,42?,43?,46?,47-,48+,49-,50-,51?/m1/s1. The average Bonchev–Trinajstić information content (AvgIpc) is 4.06. The maximum absolute atomic E-state index is 12.9. The monoisotopic (exact) mass is 951 g/mol. The summed E-state index contributed by atoms with van der Waals surface area (Å²) in [5, 5.41) is 50.3. The van der Waals surface area contributed by atoms with Gasteiger partial charge in [0.15, 0.2) is 6.10 Å². The third-order valence-electron chi connectivity index (χ3n) is 11.1. The Kier molecular flexibility index (Phi) is 33.1. The third kappa shape index (κ3) is 28.3. The highest BCUT2D eigenvalue weighted by molar-refractivity contribution is 7.47. The highest BCUT2D eigenvalue weighted by Crippen LogP contribution is 2.47. The zero-order valence-electron chi connectivity index (χ0n) is 39.6. The van der Waals surface area contributed by atoms with Crippen LogP contribution in [0.5, 0.6) is 0 Å². The molecule has 0 amide bonds. The Balaban J connectivity index is 1.74. The number of esters is 2. The second-order valence-corrected chi connectivity index (χ2v) is 18.4. The molecule has 1 saturated heterocycles. The number of unbranched alkanes of at least 4 members (excludes halogenated alkanes) is 9. The van der Waals surface area contributed by atoms with Crippen molar-refractivity contribution in [3.05, 3.63) is 85.1 Å². The summed E-state index contributed by atoms with van der Waals surface area (Å²) in [7, 11) is -5.16. The molecule has 0 spiro atoms. The van der Waals surface area contributed by atoms with Crippen molar-refractivity contribution in [3.63, 3.8) is 0 Å². The van der Waals surface area contributed by atoms with Crippen LogP contribution < -0.4 is 0 Å². The van der Waals surface area contributed by atoms with E-state index in [1.807, 2.05) is 0 Å². The van der Waals surface area contributed by atoms with Gasteiger partial charge in [0.2, 0.25) is 0 Å². The van der Waals surface area contributed by atoms with Crippen molar-refractivity contribution >= 4 is 19.8 Å². The van der Waals surface area contributed by atoms with E-state index in [-0.39, 0.29) is 25.0 Å². The molecule has 376 valence electrons. The van der Waals surface area contributed by atoms with E-state index < -0.39 is 75.7 Å². The van der Waals surface area contributed by atoms with E-state index in [0.29, 0.717) is 19.3 Å². The molecule has 14 nitrogen and oxygen atoms in total. The normalized spacial score (nSPS) is 25.1. The molecule has 1 heterocycles. The largest absolute Gasteiger partial charge is 0.472 e. The molecule has 1 saturated carbocycles. The molecule has 15 heteroatoms. The number of hydrogen-bond acceptors (Lipinski definition) is 13. The Morgan fingerprint density at radius 2 is 1.00 bits per heavy atom. The topological polar surface area (TPSA) is 222 Å². The first-order valence-corrected chi connectivity index (χ1v) is 26.0. The number of aliphatic hydroxyl groups is 5. The van der Waals surface area contributed by atoms with Crippen molar-refractivity contribution in [2.45, 2.75) is 210 Å². The highest BCUT2D eigenvalue weighted by atomic mass is 31.2. The summed E-state index contributed by atoms with van der Waals surface area (Å²) in [5.74, 6) is -1.22. The van der Waals surface area contributed by atoms with Crippen LogP contribution >= 0.6 is 7.82 Å². The highest BCUT2D eigenvalue weighted by Gasteiger charge is 2.51. The summed E-state index contributed by atoms with van der Waals surface area (Å²) in [6.07, 6.45) is 36.4. The Hall–Kier alpha value is -3.01. The molecule has 0 aromatic carbocycles. The van der Waals surface area contributed by atoms with Crippen LogP contribution in [0.2, 0.25) is 0 Å². The van der Waals surface area contributed by atoms with Crippen LogP contribution in [0.4, 0.5) is 0 Å². The van der Waals surface area contributed by atoms with Gasteiger partial charge in [0.25, 0.3) is 0 Å². The lowest BCUT2D eigenvalue weighted by Crippen LogP contribution is -2.64. The Morgan fingerprint density at radius 3 is 1.52 bits per heavy atom. The lowest BCUT2D eigenvalue weighted by Gasteiger charge is -2.41. The molecule has 2 aliphatic rings. The minimum atomic E-state index is -5.16. The molecular weight excluding hydrogens is 868 g/mol. The van der Waals surface area contributed by atoms with Crippen LogP contribution in [0.25, 0.3) is 0 Å². The van der Waals surface area contributed by atoms with Crippen LogP contribution in [0.15, 0.2) is 85.1 Å². The number of ether oxygens (including phenoxy) is 3. The number of carbonyl (C=O) groups excluding carboxylic acids is 2. The number of phosphoric ester groups is 1. The first kappa shape index (κ1) is 59.1. The number of aliphatic hydroxyl groups excluding tert-OH is 5. The Bertz CT molecular complexity index is 1540. The van der Waals surface area contributed by atoms with Crippen LogP contribution in [-0.2, 0) is 37.4 Å². The molecule has 0 aromatic heterocycles. The van der Waals surface area contributed by atoms with Gasteiger partial charge in [-0.2, -0.15) is 0 Å². The van der Waals surface area contributed by atoms with Gasteiger partial charge in [-0.1, -0.05) is 131 Å². The molecule has 2 fully saturated rings. The van der Waals surface area contributed by atoms with Crippen molar-refractivity contribution in [2.75, 3.05) is 13.2 Å². The smallest absolute Gasteiger partial charge is 0.462 e. The summed E-state index contributed by atoms with van der Waals surface area (Å²) in [6, 6.07) is 0. The number of rotatable bonds is 38. The quantitative estimate of drug-likeness (QED) is 0.0112. The second kappa shape index (κ2) is 37.0. The van der Waals surface area contributed by atoms with E-state index in [4.69, 9.17) is 23.3 Å². The Labute approximate surface area is 394 Å². The van der Waals surface area contributed by atoms with E-state index in [2.05, 4.69) is 98.9 Å². The van der Waals surface area contributed by atoms with Crippen molar-refractivity contribution in [1.29, 1.82) is 0 Å². The van der Waals surface area contributed by atoms with Crippen LogP contribution in [0.3, 0.4) is 0 Å². The van der Waals surface area contributed by atoms with Gasteiger partial charge in [-0.05, 0) is 96.3 Å². The minimum Gasteiger partial charge on any atom is -0.462 e. The van der Waals surface area contributed by atoms with Crippen molar-refractivity contribution < 1.29 is 67.8 Å². The molecule has 66 heavy (non-hydrogen) atoms. The van der Waals surface area contributed by atoms with Crippen molar-refractivity contribution in [2.24, 2.45) is 0 Å². The van der Waals surface area contributed by atoms with Gasteiger partial charge in [0, 0.05) is 12.8 Å². The lowest BCUT2D eigenvalue weighted by molar-refractivity contribution is -0.220. The zero-order chi connectivity index (χ0) is 48.3. The predicted molar refractivity (Wildman–Crippen MR) is 257 cm³/mol. The van der Waals surface area contributed by atoms with Gasteiger partial charge in [0.05, 0.1) is 18.8 Å². The van der Waals surface area contributed by atoms with E-state index in [1.54, 1.807) is 0 Å². The van der Waals surface area contributed by atoms with Crippen LogP contribution in [-0.4, -0.2) is 111 Å². The number of carbonyl (C=O) groups is 2. The lowest BCUT2D eigenvalue weighted by atomic mass is 9.85. The summed E-state index contributed by atoms with van der Waals surface area (Å²) < 4.78 is 39.3. The van der Waals surface area contributed by atoms with E-state index in [1.165, 1.54) is 38.5 Å². The van der Waals surface area contributed by atoms with Crippen molar-refractivity contribution in [1.82, 2.24) is 0 Å². The van der Waals surface area contributed by atoms with Gasteiger partial charge >= 0.3 is 19.8 Å². The van der Waals surface area contributed by atoms with Gasteiger partial charge in [-0.15, -0.1) is 0 Å². The number of allylic oxidation sites excluding steroid dienone is 13. The molecule has 0 bridgehead atoms. The first-order valence-electron chi connectivity index (χ1n) is 24.5. The first-order chi connectivity index (χ1) is 31.9. The molecule has 1 aliphatic carbocycles. The van der Waals surface area contributed by atoms with E-state index in [0.717, 1.165) is 70.6 Å². The van der Waals surface area contributed by atoms with Crippen LogP contribution in [0, 0.1) is 0 Å². The molecular formula is C51H83O14P. The van der Waals surface area contributed by atoms with Gasteiger partial charge in [-0.3, -0.25) is 18.6 Å². The van der Waals surface area contributed by atoms with E-state index in [9.17, 15) is 44.6 Å². The molecule has 5 unspecified atom stereocenters. The van der Waals surface area contributed by atoms with E-state index >= 15 is 0 Å². The maximum Gasteiger partial charge on any atom is 0.472 e. The molecule has 2 rings (SSSR count). The summed E-state index contributed by atoms with van der Waals surface area (Å²) in [5.41, 5.74) is 0. The fraction of sp³-hybridized carbons (Fsp3) is 0.686. The number of epoxide rings is 1. The fourth-order valence-corrected chi connectivity index (χ4v) is 8.03. The summed E-state index contributed by atoms with van der Waals surface area (Å²) >= 11 is 0. The zero-order valence-corrected chi connectivity index (χ0v) is 40.5. The van der Waals surface area contributed by atoms with Crippen LogP contribution in [0.1, 0.15) is 155 Å². The molecule has 0 radical (unpaired) electrons. The van der Waals surface area contributed by atoms with Crippen molar-refractivity contribution in [3.8, 4) is 0 Å². The molecule has 6 N–H and O–H groups in total. The summed E-state index contributed by atoms with van der Waals surface area (Å²) in [6.45, 7) is 3.15. The van der Waals surface area contributed by atoms with Gasteiger partial charge in [0.1, 0.15) is 43.2 Å². The molecule has 1 aliphatic heterocycles. The molecule has 0 aromatic rings. The average molecular weight is 951 g/mol. The Morgan fingerprint density at radius 1 is 0.545 bits per heavy atom. The third-order valence-corrected chi connectivity index (χ3v) is 12.1. The summed E-state index contributed by atoms with van der Waals surface area (Å²) in [4.78, 5) is 35.9. The number of phosphoric acid groups is 1. The molecule has 10 atom stereocenters. The fourth-order valence-electron chi connectivity index (χ4n) is 7.06. The van der Waals surface area contributed by atoms with Gasteiger partial charge < -0.3 is 44.6 Å². The SMILES string of the molecule is CCCCC/C=C\C/C=C\C/C=C\C/C=C\CCCCCC(=O)O[C@H](COC(=O)CCCC1OC1C/C=C\C/C=C\C/C=C\CCCCC)COP(=O)(O)OC1[C@H](O)[C@H](O)C(O)[C@H](O)[C@H]1O. The maximum atomic E-state index is 12.9. The number of hydrogen-bond donors (Lipinski definition) is 6.